The van der Waals surface area contributed by atoms with Gasteiger partial charge in [0, 0.05) is 30.3 Å². The number of carbonyl (C=O) groups excluding carboxylic acids is 1. The van der Waals surface area contributed by atoms with Gasteiger partial charge in [0.25, 0.3) is 0 Å². The number of hydrogen-bond donors (Lipinski definition) is 2. The van der Waals surface area contributed by atoms with Gasteiger partial charge in [0.05, 0.1) is 11.4 Å². The zero-order valence-electron chi connectivity index (χ0n) is 14.2. The molecule has 0 aromatic heterocycles. The highest BCUT2D eigenvalue weighted by molar-refractivity contribution is 7.99. The van der Waals surface area contributed by atoms with Crippen molar-refractivity contribution in [3.63, 3.8) is 0 Å². The summed E-state index contributed by atoms with van der Waals surface area (Å²) in [6.45, 7) is 2.98. The lowest BCUT2D eigenvalue weighted by Crippen LogP contribution is -2.58. The van der Waals surface area contributed by atoms with Gasteiger partial charge in [-0.2, -0.15) is 0 Å². The van der Waals surface area contributed by atoms with Crippen molar-refractivity contribution in [2.75, 3.05) is 36.0 Å². The first-order valence-electron chi connectivity index (χ1n) is 8.84. The minimum atomic E-state index is -0.447. The highest BCUT2D eigenvalue weighted by atomic mass is 32.2. The molecule has 4 nitrogen and oxygen atoms in total. The second-order valence-corrected chi connectivity index (χ2v) is 7.88. The molecule has 0 atom stereocenters. The Hall–Kier alpha value is -1.98. The zero-order chi connectivity index (χ0) is 17.1. The standard InChI is InChI=1S/C20H23N3OS/c24-19-20(22-18-9-5-4-8-17(18)21-19)10-12-23(13-11-20)14-15-25-16-6-2-1-3-7-16/h1-9,22H,10-15H2,(H,21,24). The number of nitrogens with one attached hydrogen (secondary N) is 2. The number of thioether (sulfide) groups is 1. The highest BCUT2D eigenvalue weighted by Gasteiger charge is 2.44. The number of benzene rings is 2. The third-order valence-electron chi connectivity index (χ3n) is 5.11. The van der Waals surface area contributed by atoms with Gasteiger partial charge < -0.3 is 15.5 Å². The summed E-state index contributed by atoms with van der Waals surface area (Å²) in [4.78, 5) is 16.4. The summed E-state index contributed by atoms with van der Waals surface area (Å²) >= 11 is 1.90. The molecule has 0 radical (unpaired) electrons. The highest BCUT2D eigenvalue weighted by Crippen LogP contribution is 2.36. The summed E-state index contributed by atoms with van der Waals surface area (Å²) in [5, 5.41) is 6.60. The van der Waals surface area contributed by atoms with Gasteiger partial charge >= 0.3 is 0 Å². The van der Waals surface area contributed by atoms with Crippen LogP contribution in [0.4, 0.5) is 11.4 Å². The van der Waals surface area contributed by atoms with Gasteiger partial charge in [0.1, 0.15) is 5.54 Å². The number of piperidine rings is 1. The van der Waals surface area contributed by atoms with Crippen LogP contribution in [0, 0.1) is 0 Å². The normalized spacial score (nSPS) is 19.1. The van der Waals surface area contributed by atoms with Crippen LogP contribution in [0.3, 0.4) is 0 Å². The number of amides is 1. The summed E-state index contributed by atoms with van der Waals surface area (Å²) in [5.41, 5.74) is 1.48. The maximum Gasteiger partial charge on any atom is 0.250 e. The molecular formula is C20H23N3OS. The van der Waals surface area contributed by atoms with Crippen molar-refractivity contribution in [2.45, 2.75) is 23.3 Å². The second kappa shape index (κ2) is 7.10. The van der Waals surface area contributed by atoms with Crippen LogP contribution in [0.1, 0.15) is 12.8 Å². The molecule has 0 saturated carbocycles. The van der Waals surface area contributed by atoms with Gasteiger partial charge in [0.15, 0.2) is 0 Å². The first kappa shape index (κ1) is 16.5. The Balaban J connectivity index is 1.31. The van der Waals surface area contributed by atoms with Gasteiger partial charge in [-0.05, 0) is 37.1 Å². The van der Waals surface area contributed by atoms with Crippen LogP contribution in [0.5, 0.6) is 0 Å². The summed E-state index contributed by atoms with van der Waals surface area (Å²) in [5.74, 6) is 1.20. The molecule has 2 aliphatic rings. The van der Waals surface area contributed by atoms with E-state index in [9.17, 15) is 4.79 Å². The van der Waals surface area contributed by atoms with Gasteiger partial charge in [-0.25, -0.2) is 0 Å². The third-order valence-corrected chi connectivity index (χ3v) is 6.11. The molecule has 2 aliphatic heterocycles. The Labute approximate surface area is 153 Å². The van der Waals surface area contributed by atoms with Gasteiger partial charge in [-0.1, -0.05) is 30.3 Å². The Morgan fingerprint density at radius 3 is 2.40 bits per heavy atom. The Kier molecular flexibility index (Phi) is 4.68. The Bertz CT molecular complexity index is 742. The maximum absolute atomic E-state index is 12.6. The topological polar surface area (TPSA) is 44.4 Å². The second-order valence-electron chi connectivity index (χ2n) is 6.71. The monoisotopic (exact) mass is 353 g/mol. The van der Waals surface area contributed by atoms with Crippen molar-refractivity contribution in [2.24, 2.45) is 0 Å². The van der Waals surface area contributed by atoms with Crippen LogP contribution in [-0.2, 0) is 4.79 Å². The van der Waals surface area contributed by atoms with E-state index in [0.29, 0.717) is 0 Å². The average Bonchev–Trinajstić information content (AvgIpc) is 2.65. The minimum absolute atomic E-state index is 0.115. The van der Waals surface area contributed by atoms with Crippen LogP contribution in [0.15, 0.2) is 59.5 Å². The molecule has 5 heteroatoms. The van der Waals surface area contributed by atoms with Crippen molar-refractivity contribution in [3.8, 4) is 0 Å². The summed E-state index contributed by atoms with van der Waals surface area (Å²) in [7, 11) is 0. The van der Waals surface area contributed by atoms with E-state index in [1.165, 1.54) is 4.90 Å². The molecule has 2 heterocycles. The van der Waals surface area contributed by atoms with Crippen LogP contribution >= 0.6 is 11.8 Å². The lowest BCUT2D eigenvalue weighted by Gasteiger charge is -2.44. The lowest BCUT2D eigenvalue weighted by atomic mass is 9.84. The lowest BCUT2D eigenvalue weighted by molar-refractivity contribution is -0.122. The van der Waals surface area contributed by atoms with Gasteiger partial charge in [-0.3, -0.25) is 4.79 Å². The Morgan fingerprint density at radius 1 is 0.960 bits per heavy atom. The average molecular weight is 353 g/mol. The number of nitrogens with zero attached hydrogens (tertiary/aromatic N) is 1. The molecule has 2 aromatic carbocycles. The van der Waals surface area contributed by atoms with Gasteiger partial charge in [0.2, 0.25) is 5.91 Å². The maximum atomic E-state index is 12.6. The van der Waals surface area contributed by atoms with E-state index in [1.54, 1.807) is 0 Å². The van der Waals surface area contributed by atoms with Crippen molar-refractivity contribution in [1.29, 1.82) is 0 Å². The molecule has 1 fully saturated rings. The third kappa shape index (κ3) is 3.53. The molecule has 4 rings (SSSR count). The largest absolute Gasteiger partial charge is 0.369 e. The SMILES string of the molecule is O=C1Nc2ccccc2NC12CCN(CCSc1ccccc1)CC2. The number of likely N-dealkylation sites (tertiary alicyclic amines) is 1. The molecule has 0 aliphatic carbocycles. The fourth-order valence-corrected chi connectivity index (χ4v) is 4.51. The van der Waals surface area contributed by atoms with Crippen molar-refractivity contribution in [3.05, 3.63) is 54.6 Å². The minimum Gasteiger partial charge on any atom is -0.369 e. The van der Waals surface area contributed by atoms with E-state index >= 15 is 0 Å². The summed E-state index contributed by atoms with van der Waals surface area (Å²) < 4.78 is 0. The number of carbonyl (C=O) groups is 1. The molecule has 2 N–H and O–H groups in total. The number of anilines is 2. The van der Waals surface area contributed by atoms with Gasteiger partial charge in [-0.15, -0.1) is 11.8 Å². The smallest absolute Gasteiger partial charge is 0.250 e. The number of fused-ring (bicyclic) bond motifs is 1. The fraction of sp³-hybridized carbons (Fsp3) is 0.350. The number of hydrogen-bond acceptors (Lipinski definition) is 4. The van der Waals surface area contributed by atoms with E-state index in [1.807, 2.05) is 36.0 Å². The molecule has 1 saturated heterocycles. The van der Waals surface area contributed by atoms with Crippen molar-refractivity contribution in [1.82, 2.24) is 4.90 Å². The van der Waals surface area contributed by atoms with E-state index in [4.69, 9.17) is 0 Å². The number of para-hydroxylation sites is 2. The number of rotatable bonds is 4. The fourth-order valence-electron chi connectivity index (χ4n) is 3.58. The molecular weight excluding hydrogens is 330 g/mol. The zero-order valence-corrected chi connectivity index (χ0v) is 15.0. The first-order chi connectivity index (χ1) is 12.3. The quantitative estimate of drug-likeness (QED) is 0.823. The first-order valence-corrected chi connectivity index (χ1v) is 9.83. The van der Waals surface area contributed by atoms with Crippen LogP contribution in [0.25, 0.3) is 0 Å². The Morgan fingerprint density at radius 2 is 1.64 bits per heavy atom. The molecule has 25 heavy (non-hydrogen) atoms. The molecule has 130 valence electrons. The molecule has 1 spiro atoms. The molecule has 1 amide bonds. The summed E-state index contributed by atoms with van der Waals surface area (Å²) in [6.07, 6.45) is 1.70. The molecule has 0 bridgehead atoms. The van der Waals surface area contributed by atoms with E-state index in [-0.39, 0.29) is 5.91 Å². The van der Waals surface area contributed by atoms with Crippen LogP contribution in [-0.4, -0.2) is 41.7 Å². The molecule has 2 aromatic rings. The van der Waals surface area contributed by atoms with E-state index in [0.717, 1.165) is 49.6 Å². The van der Waals surface area contributed by atoms with Crippen LogP contribution in [0.2, 0.25) is 0 Å². The predicted octanol–water partition coefficient (Wildman–Crippen LogP) is 3.68. The van der Waals surface area contributed by atoms with Crippen LogP contribution < -0.4 is 10.6 Å². The summed E-state index contributed by atoms with van der Waals surface area (Å²) in [6, 6.07) is 18.5. The van der Waals surface area contributed by atoms with Crippen molar-refractivity contribution < 1.29 is 4.79 Å². The van der Waals surface area contributed by atoms with Crippen molar-refractivity contribution >= 4 is 29.0 Å². The van der Waals surface area contributed by atoms with E-state index in [2.05, 4.69) is 45.9 Å². The predicted molar refractivity (Wildman–Crippen MR) is 104 cm³/mol. The van der Waals surface area contributed by atoms with E-state index < -0.39 is 5.54 Å². The molecule has 0 unspecified atom stereocenters.